The zero-order valence-corrected chi connectivity index (χ0v) is 10.8. The molecule has 1 unspecified atom stereocenters. The quantitative estimate of drug-likeness (QED) is 0.477. The molecule has 1 aromatic carbocycles. The molecule has 3 N–H and O–H groups in total. The van der Waals surface area contributed by atoms with Crippen LogP contribution in [0.15, 0.2) is 34.9 Å². The van der Waals surface area contributed by atoms with Crippen molar-refractivity contribution in [2.75, 3.05) is 0 Å². The van der Waals surface area contributed by atoms with Crippen molar-refractivity contribution in [1.82, 2.24) is 5.16 Å². The molecule has 0 aliphatic heterocycles. The number of amides is 1. The van der Waals surface area contributed by atoms with E-state index in [0.29, 0.717) is 0 Å². The maximum atomic E-state index is 11.0. The zero-order chi connectivity index (χ0) is 16.3. The Bertz CT molecular complexity index is 723. The summed E-state index contributed by atoms with van der Waals surface area (Å²) in [5, 5.41) is 22.8. The first-order valence-electron chi connectivity index (χ1n) is 5.79. The lowest BCUT2D eigenvalue weighted by Crippen LogP contribution is -2.12. The number of non-ortho nitro benzene ring substituents is 1. The number of benzene rings is 1. The van der Waals surface area contributed by atoms with Crippen LogP contribution in [-0.2, 0) is 4.74 Å². The average Bonchev–Trinajstić information content (AvgIpc) is 2.94. The van der Waals surface area contributed by atoms with E-state index in [4.69, 9.17) is 15.4 Å². The molecule has 1 amide bonds. The Balaban J connectivity index is 2.38. The summed E-state index contributed by atoms with van der Waals surface area (Å²) in [5.41, 5.74) is 4.92. The fourth-order valence-corrected chi connectivity index (χ4v) is 1.69. The van der Waals surface area contributed by atoms with E-state index in [-0.39, 0.29) is 22.7 Å². The van der Waals surface area contributed by atoms with Crippen LogP contribution in [0.2, 0.25) is 0 Å². The SMILES string of the molecule is NC(=O)c1cc(C(OC(=O)O)c2ccc([N+](=O)[O-])cc2)on1. The lowest BCUT2D eigenvalue weighted by Gasteiger charge is -2.12. The molecule has 0 aliphatic rings. The van der Waals surface area contributed by atoms with Gasteiger partial charge in [-0.3, -0.25) is 14.9 Å². The lowest BCUT2D eigenvalue weighted by molar-refractivity contribution is -0.384. The Morgan fingerprint density at radius 2 is 2.00 bits per heavy atom. The Morgan fingerprint density at radius 3 is 2.45 bits per heavy atom. The third-order valence-electron chi connectivity index (χ3n) is 2.66. The number of nitro groups is 1. The number of carbonyl (C=O) groups is 2. The molecular weight excluding hydrogens is 298 g/mol. The number of carbonyl (C=O) groups excluding carboxylic acids is 1. The van der Waals surface area contributed by atoms with E-state index >= 15 is 0 Å². The standard InChI is InChI=1S/C12H9N3O7/c13-11(16)8-5-9(22-14-8)10(21-12(17)18)6-1-3-7(4-2-6)15(19)20/h1-5,10H,(H2,13,16)(H,17,18). The second kappa shape index (κ2) is 5.91. The molecule has 1 aromatic heterocycles. The van der Waals surface area contributed by atoms with Gasteiger partial charge in [0, 0.05) is 23.8 Å². The van der Waals surface area contributed by atoms with Crippen LogP contribution in [0.4, 0.5) is 10.5 Å². The predicted octanol–water partition coefficient (Wildman–Crippen LogP) is 1.47. The fraction of sp³-hybridized carbons (Fsp3) is 0.0833. The van der Waals surface area contributed by atoms with E-state index in [1.165, 1.54) is 24.3 Å². The van der Waals surface area contributed by atoms with E-state index in [1.54, 1.807) is 0 Å². The Hall–Kier alpha value is -3.43. The van der Waals surface area contributed by atoms with Crippen molar-refractivity contribution in [3.63, 3.8) is 0 Å². The molecule has 0 saturated carbocycles. The molecule has 2 rings (SSSR count). The third-order valence-corrected chi connectivity index (χ3v) is 2.66. The van der Waals surface area contributed by atoms with Crippen molar-refractivity contribution >= 4 is 17.7 Å². The second-order valence-electron chi connectivity index (χ2n) is 4.09. The summed E-state index contributed by atoms with van der Waals surface area (Å²) in [6, 6.07) is 6.10. The monoisotopic (exact) mass is 307 g/mol. The Kier molecular flexibility index (Phi) is 4.02. The first kappa shape index (κ1) is 15.0. The van der Waals surface area contributed by atoms with Crippen molar-refractivity contribution in [3.05, 3.63) is 57.5 Å². The molecule has 1 atom stereocenters. The number of hydrogen-bond donors (Lipinski definition) is 2. The highest BCUT2D eigenvalue weighted by atomic mass is 16.7. The molecule has 1 heterocycles. The minimum absolute atomic E-state index is 0.0787. The van der Waals surface area contributed by atoms with Crippen LogP contribution >= 0.6 is 0 Å². The van der Waals surface area contributed by atoms with Crippen molar-refractivity contribution in [2.45, 2.75) is 6.10 Å². The van der Waals surface area contributed by atoms with Crippen LogP contribution in [0, 0.1) is 10.1 Å². The number of nitrogens with zero attached hydrogens (tertiary/aromatic N) is 2. The van der Waals surface area contributed by atoms with Crippen LogP contribution in [0.1, 0.15) is 27.9 Å². The van der Waals surface area contributed by atoms with Gasteiger partial charge >= 0.3 is 6.16 Å². The molecule has 10 heteroatoms. The van der Waals surface area contributed by atoms with Gasteiger partial charge in [-0.15, -0.1) is 0 Å². The van der Waals surface area contributed by atoms with Crippen molar-refractivity contribution in [2.24, 2.45) is 5.73 Å². The predicted molar refractivity (Wildman–Crippen MR) is 69.1 cm³/mol. The summed E-state index contributed by atoms with van der Waals surface area (Å²) >= 11 is 0. The molecule has 0 radical (unpaired) electrons. The summed E-state index contributed by atoms with van der Waals surface area (Å²) in [4.78, 5) is 31.8. The maximum Gasteiger partial charge on any atom is 0.506 e. The minimum Gasteiger partial charge on any atom is -0.450 e. The first-order valence-corrected chi connectivity index (χ1v) is 5.79. The number of aromatic nitrogens is 1. The highest BCUT2D eigenvalue weighted by molar-refractivity contribution is 5.90. The average molecular weight is 307 g/mol. The molecule has 0 spiro atoms. The van der Waals surface area contributed by atoms with Gasteiger partial charge < -0.3 is 20.1 Å². The first-order chi connectivity index (χ1) is 10.4. The van der Waals surface area contributed by atoms with Crippen LogP contribution in [0.25, 0.3) is 0 Å². The van der Waals surface area contributed by atoms with Gasteiger partial charge in [0.05, 0.1) is 4.92 Å². The smallest absolute Gasteiger partial charge is 0.450 e. The zero-order valence-electron chi connectivity index (χ0n) is 10.8. The summed E-state index contributed by atoms with van der Waals surface area (Å²) in [6.45, 7) is 0. The number of hydrogen-bond acceptors (Lipinski definition) is 7. The number of nitro benzene ring substituents is 1. The molecule has 0 bridgehead atoms. The molecule has 0 saturated heterocycles. The maximum absolute atomic E-state index is 11.0. The van der Waals surface area contributed by atoms with E-state index in [0.717, 1.165) is 6.07 Å². The van der Waals surface area contributed by atoms with Crippen LogP contribution in [0.3, 0.4) is 0 Å². The van der Waals surface area contributed by atoms with Gasteiger partial charge in [0.25, 0.3) is 11.6 Å². The summed E-state index contributed by atoms with van der Waals surface area (Å²) in [5.74, 6) is -0.933. The minimum atomic E-state index is -1.60. The molecule has 22 heavy (non-hydrogen) atoms. The number of ether oxygens (including phenoxy) is 1. The van der Waals surface area contributed by atoms with Gasteiger partial charge in [-0.05, 0) is 12.1 Å². The largest absolute Gasteiger partial charge is 0.506 e. The van der Waals surface area contributed by atoms with E-state index in [9.17, 15) is 19.7 Å². The van der Waals surface area contributed by atoms with Crippen LogP contribution < -0.4 is 5.73 Å². The second-order valence-corrected chi connectivity index (χ2v) is 4.09. The molecular formula is C12H9N3O7. The van der Waals surface area contributed by atoms with Crippen LogP contribution in [-0.4, -0.2) is 27.2 Å². The van der Waals surface area contributed by atoms with Crippen molar-refractivity contribution < 1.29 is 28.9 Å². The molecule has 0 aliphatic carbocycles. The van der Waals surface area contributed by atoms with Gasteiger partial charge in [-0.1, -0.05) is 5.16 Å². The van der Waals surface area contributed by atoms with Crippen LogP contribution in [0.5, 0.6) is 0 Å². The van der Waals surface area contributed by atoms with Crippen molar-refractivity contribution in [3.8, 4) is 0 Å². The number of nitrogens with two attached hydrogens (primary N) is 1. The number of rotatable bonds is 5. The third kappa shape index (κ3) is 3.17. The van der Waals surface area contributed by atoms with Gasteiger partial charge in [-0.2, -0.15) is 0 Å². The van der Waals surface area contributed by atoms with Gasteiger partial charge in [0.15, 0.2) is 17.6 Å². The topological polar surface area (TPSA) is 159 Å². The van der Waals surface area contributed by atoms with Crippen molar-refractivity contribution in [1.29, 1.82) is 0 Å². The summed E-state index contributed by atoms with van der Waals surface area (Å²) < 4.78 is 9.52. The van der Waals surface area contributed by atoms with Gasteiger partial charge in [0.2, 0.25) is 0 Å². The normalized spacial score (nSPS) is 11.6. The Labute approximate surface area is 122 Å². The van der Waals surface area contributed by atoms with Gasteiger partial charge in [-0.25, -0.2) is 4.79 Å². The molecule has 0 fully saturated rings. The highest BCUT2D eigenvalue weighted by Gasteiger charge is 2.25. The number of primary amides is 1. The number of carboxylic acid groups (broad SMARTS) is 1. The lowest BCUT2D eigenvalue weighted by atomic mass is 10.1. The molecule has 2 aromatic rings. The van der Waals surface area contributed by atoms with E-state index in [1.807, 2.05) is 0 Å². The van der Waals surface area contributed by atoms with Gasteiger partial charge in [0.1, 0.15) is 0 Å². The molecule has 10 nitrogen and oxygen atoms in total. The summed E-state index contributed by atoms with van der Waals surface area (Å²) in [7, 11) is 0. The molecule has 114 valence electrons. The summed E-state index contributed by atoms with van der Waals surface area (Å²) in [6.07, 6.45) is -2.83. The highest BCUT2D eigenvalue weighted by Crippen LogP contribution is 2.28. The van der Waals surface area contributed by atoms with E-state index in [2.05, 4.69) is 9.89 Å². The fourth-order valence-electron chi connectivity index (χ4n) is 1.69. The Morgan fingerprint density at radius 1 is 1.36 bits per heavy atom. The van der Waals surface area contributed by atoms with E-state index < -0.39 is 23.1 Å².